The molecule has 0 radical (unpaired) electrons. The van der Waals surface area contributed by atoms with Gasteiger partial charge in [-0.15, -0.1) is 5.10 Å². The van der Waals surface area contributed by atoms with Crippen molar-refractivity contribution in [3.63, 3.8) is 0 Å². The summed E-state index contributed by atoms with van der Waals surface area (Å²) < 4.78 is 41.6. The first kappa shape index (κ1) is 24.7. The molecule has 2 heterocycles. The van der Waals surface area contributed by atoms with Crippen LogP contribution in [-0.4, -0.2) is 44.9 Å². The largest absolute Gasteiger partial charge is 0.295 e. The van der Waals surface area contributed by atoms with Gasteiger partial charge in [-0.1, -0.05) is 30.3 Å². The van der Waals surface area contributed by atoms with E-state index < -0.39 is 15.8 Å². The van der Waals surface area contributed by atoms with Gasteiger partial charge in [0.25, 0.3) is 0 Å². The molecule has 0 unspecified atom stereocenters. The third-order valence-electron chi connectivity index (χ3n) is 5.45. The second-order valence-electron chi connectivity index (χ2n) is 8.77. The number of halogens is 1. The molecule has 0 aliphatic carbocycles. The molecule has 0 atom stereocenters. The Hall–Kier alpha value is -3.41. The van der Waals surface area contributed by atoms with Gasteiger partial charge in [0.15, 0.2) is 5.82 Å². The summed E-state index contributed by atoms with van der Waals surface area (Å²) in [6.07, 6.45) is 4.28. The molecule has 2 aromatic heterocycles. The third kappa shape index (κ3) is 5.99. The maximum Gasteiger partial charge on any atom is 0.238 e. The van der Waals surface area contributed by atoms with E-state index in [0.29, 0.717) is 31.2 Å². The van der Waals surface area contributed by atoms with Gasteiger partial charge in [-0.3, -0.25) is 9.58 Å². The number of aromatic nitrogens is 5. The molecule has 0 amide bonds. The molecule has 4 aromatic rings. The fourth-order valence-electron chi connectivity index (χ4n) is 3.73. The zero-order valence-electron chi connectivity index (χ0n) is 19.8. The first-order chi connectivity index (χ1) is 16.6. The van der Waals surface area contributed by atoms with Crippen LogP contribution in [0, 0.1) is 5.82 Å². The zero-order chi connectivity index (χ0) is 25.2. The number of nitrogens with zero attached hydrogens (tertiary/aromatic N) is 6. The molecular formula is C24H28FN7O2S. The van der Waals surface area contributed by atoms with Crippen molar-refractivity contribution in [2.75, 3.05) is 7.05 Å². The van der Waals surface area contributed by atoms with Gasteiger partial charge in [-0.25, -0.2) is 27.6 Å². The number of sulfonamides is 1. The highest BCUT2D eigenvalue weighted by molar-refractivity contribution is 7.89. The Morgan fingerprint density at radius 2 is 1.83 bits per heavy atom. The SMILES string of the molecule is CC(C)n1cc(CN(C)Cc2nc(Cc3ccccc3)n(-c3ccc(S(N)(=O)=O)cc3F)n2)cn1. The van der Waals surface area contributed by atoms with E-state index in [9.17, 15) is 12.8 Å². The lowest BCUT2D eigenvalue weighted by atomic mass is 10.1. The lowest BCUT2D eigenvalue weighted by molar-refractivity contribution is 0.310. The molecule has 0 bridgehead atoms. The molecule has 2 N–H and O–H groups in total. The molecule has 184 valence electrons. The van der Waals surface area contributed by atoms with Gasteiger partial charge in [0.2, 0.25) is 10.0 Å². The Morgan fingerprint density at radius 3 is 2.46 bits per heavy atom. The summed E-state index contributed by atoms with van der Waals surface area (Å²) in [5.41, 5.74) is 2.15. The predicted molar refractivity (Wildman–Crippen MR) is 130 cm³/mol. The minimum atomic E-state index is -4.03. The summed E-state index contributed by atoms with van der Waals surface area (Å²) in [7, 11) is -2.08. The van der Waals surface area contributed by atoms with E-state index in [1.165, 1.54) is 16.8 Å². The van der Waals surface area contributed by atoms with Gasteiger partial charge in [0.05, 0.1) is 17.6 Å². The van der Waals surface area contributed by atoms with E-state index in [4.69, 9.17) is 5.14 Å². The molecule has 0 fully saturated rings. The van der Waals surface area contributed by atoms with Gasteiger partial charge in [-0.2, -0.15) is 5.10 Å². The number of hydrogen-bond donors (Lipinski definition) is 1. The Morgan fingerprint density at radius 1 is 1.09 bits per heavy atom. The zero-order valence-corrected chi connectivity index (χ0v) is 20.7. The molecule has 0 spiro atoms. The van der Waals surface area contributed by atoms with Crippen LogP contribution in [0.4, 0.5) is 4.39 Å². The van der Waals surface area contributed by atoms with Crippen LogP contribution < -0.4 is 5.14 Å². The Kier molecular flexibility index (Phi) is 7.10. The van der Waals surface area contributed by atoms with Crippen molar-refractivity contribution in [1.82, 2.24) is 29.4 Å². The maximum atomic E-state index is 15.0. The van der Waals surface area contributed by atoms with Crippen LogP contribution in [0.5, 0.6) is 0 Å². The van der Waals surface area contributed by atoms with Gasteiger partial charge in [0.1, 0.15) is 17.3 Å². The summed E-state index contributed by atoms with van der Waals surface area (Å²) in [6.45, 7) is 5.21. The quantitative estimate of drug-likeness (QED) is 0.380. The van der Waals surface area contributed by atoms with E-state index >= 15 is 0 Å². The molecule has 2 aromatic carbocycles. The average molecular weight is 498 g/mol. The summed E-state index contributed by atoms with van der Waals surface area (Å²) in [6, 6.07) is 13.5. The van der Waals surface area contributed by atoms with Gasteiger partial charge in [0, 0.05) is 30.8 Å². The van der Waals surface area contributed by atoms with Gasteiger partial charge in [-0.05, 0) is 44.7 Å². The van der Waals surface area contributed by atoms with Crippen molar-refractivity contribution < 1.29 is 12.8 Å². The number of rotatable bonds is 9. The van der Waals surface area contributed by atoms with E-state index in [0.717, 1.165) is 17.2 Å². The van der Waals surface area contributed by atoms with Crippen molar-refractivity contribution >= 4 is 10.0 Å². The van der Waals surface area contributed by atoms with Crippen LogP contribution in [0.25, 0.3) is 5.69 Å². The van der Waals surface area contributed by atoms with Crippen LogP contribution in [0.1, 0.15) is 42.7 Å². The van der Waals surface area contributed by atoms with Crippen LogP contribution in [0.2, 0.25) is 0 Å². The first-order valence-corrected chi connectivity index (χ1v) is 12.7. The van der Waals surface area contributed by atoms with Crippen molar-refractivity contribution in [2.24, 2.45) is 5.14 Å². The molecule has 0 saturated heterocycles. The summed E-state index contributed by atoms with van der Waals surface area (Å²) >= 11 is 0. The van der Waals surface area contributed by atoms with E-state index in [2.05, 4.69) is 29.0 Å². The Labute approximate surface area is 204 Å². The van der Waals surface area contributed by atoms with Crippen LogP contribution >= 0.6 is 0 Å². The number of primary sulfonamides is 1. The molecule has 9 nitrogen and oxygen atoms in total. The average Bonchev–Trinajstić information content (AvgIpc) is 3.41. The second kappa shape index (κ2) is 10.1. The summed E-state index contributed by atoms with van der Waals surface area (Å²) in [5, 5.41) is 14.1. The van der Waals surface area contributed by atoms with Gasteiger partial charge < -0.3 is 0 Å². The smallest absolute Gasteiger partial charge is 0.238 e. The van der Waals surface area contributed by atoms with E-state index in [-0.39, 0.29) is 16.6 Å². The lowest BCUT2D eigenvalue weighted by Gasteiger charge is -2.13. The Balaban J connectivity index is 1.63. The van der Waals surface area contributed by atoms with E-state index in [1.54, 1.807) is 0 Å². The highest BCUT2D eigenvalue weighted by Crippen LogP contribution is 2.21. The molecule has 35 heavy (non-hydrogen) atoms. The van der Waals surface area contributed by atoms with Crippen molar-refractivity contribution in [3.8, 4) is 5.69 Å². The van der Waals surface area contributed by atoms with E-state index in [1.807, 2.05) is 59.4 Å². The van der Waals surface area contributed by atoms with Crippen molar-refractivity contribution in [2.45, 2.75) is 44.3 Å². The lowest BCUT2D eigenvalue weighted by Crippen LogP contribution is -2.18. The molecule has 4 rings (SSSR count). The second-order valence-corrected chi connectivity index (χ2v) is 10.3. The first-order valence-electron chi connectivity index (χ1n) is 11.1. The van der Waals surface area contributed by atoms with Crippen molar-refractivity contribution in [3.05, 3.63) is 89.5 Å². The predicted octanol–water partition coefficient (Wildman–Crippen LogP) is 3.05. The minimum Gasteiger partial charge on any atom is -0.295 e. The molecule has 0 aliphatic rings. The molecular weight excluding hydrogens is 469 g/mol. The van der Waals surface area contributed by atoms with Crippen LogP contribution in [-0.2, 0) is 29.5 Å². The summed E-state index contributed by atoms with van der Waals surface area (Å²) in [4.78, 5) is 6.44. The Bertz CT molecular complexity index is 1410. The number of nitrogens with two attached hydrogens (primary N) is 1. The standard InChI is InChI=1S/C24H28FN7O2S/c1-17(2)31-15-19(13-27-31)14-30(3)16-23-28-24(11-18-7-5-4-6-8-18)32(29-23)22-10-9-20(12-21(22)25)35(26,33)34/h4-10,12-13,15,17H,11,14,16H2,1-3H3,(H2,26,33,34). The maximum absolute atomic E-state index is 15.0. The highest BCUT2D eigenvalue weighted by atomic mass is 32.2. The molecule has 11 heteroatoms. The normalized spacial score (nSPS) is 12.1. The number of benzene rings is 2. The van der Waals surface area contributed by atoms with Gasteiger partial charge >= 0.3 is 0 Å². The summed E-state index contributed by atoms with van der Waals surface area (Å²) in [5.74, 6) is 0.302. The molecule has 0 aliphatic heterocycles. The van der Waals surface area contributed by atoms with Crippen LogP contribution in [0.15, 0.2) is 65.8 Å². The minimum absolute atomic E-state index is 0.0999. The highest BCUT2D eigenvalue weighted by Gasteiger charge is 2.19. The third-order valence-corrected chi connectivity index (χ3v) is 6.36. The molecule has 0 saturated carbocycles. The number of hydrogen-bond acceptors (Lipinski definition) is 6. The van der Waals surface area contributed by atoms with Crippen LogP contribution in [0.3, 0.4) is 0 Å². The topological polar surface area (TPSA) is 112 Å². The fraction of sp³-hybridized carbons (Fsp3) is 0.292. The monoisotopic (exact) mass is 497 g/mol. The fourth-order valence-corrected chi connectivity index (χ4v) is 4.26. The van der Waals surface area contributed by atoms with Crippen molar-refractivity contribution in [1.29, 1.82) is 0 Å².